The molecule has 0 aliphatic carbocycles. The van der Waals surface area contributed by atoms with Crippen LogP contribution in [0.2, 0.25) is 5.15 Å². The van der Waals surface area contributed by atoms with Crippen molar-refractivity contribution in [2.45, 2.75) is 0 Å². The third kappa shape index (κ3) is 2.12. The Morgan fingerprint density at radius 2 is 2.29 bits per heavy atom. The van der Waals surface area contributed by atoms with Crippen LogP contribution in [0.4, 0.5) is 0 Å². The van der Waals surface area contributed by atoms with Crippen molar-refractivity contribution in [1.29, 1.82) is 5.26 Å². The Bertz CT molecular complexity index is 628. The largest absolute Gasteiger partial charge is 0.478 e. The number of aromatic carboxylic acids is 1. The highest BCUT2D eigenvalue weighted by molar-refractivity contribution is 6.29. The van der Waals surface area contributed by atoms with Gasteiger partial charge in [0.05, 0.1) is 5.56 Å². The third-order valence-corrected chi connectivity index (χ3v) is 2.33. The molecular weight excluding hydrogens is 242 g/mol. The molecule has 0 atom stereocenters. The zero-order chi connectivity index (χ0) is 12.4. The molecule has 5 nitrogen and oxygen atoms in total. The van der Waals surface area contributed by atoms with Crippen molar-refractivity contribution >= 4 is 17.6 Å². The second-order valence-electron chi connectivity index (χ2n) is 3.22. The van der Waals surface area contributed by atoms with Gasteiger partial charge in [-0.25, -0.2) is 9.78 Å². The highest BCUT2D eigenvalue weighted by Crippen LogP contribution is 2.16. The minimum absolute atomic E-state index is 0.0255. The number of carbonyl (C=O) groups is 1. The Kier molecular flexibility index (Phi) is 2.81. The molecule has 0 saturated carbocycles. The Labute approximate surface area is 102 Å². The van der Waals surface area contributed by atoms with E-state index in [2.05, 4.69) is 4.98 Å². The fraction of sp³-hybridized carbons (Fsp3) is 0. The lowest BCUT2D eigenvalue weighted by atomic mass is 10.2. The molecule has 17 heavy (non-hydrogen) atoms. The monoisotopic (exact) mass is 247 g/mol. The molecule has 0 aliphatic heterocycles. The normalized spacial score (nSPS) is 9.88. The molecule has 2 heterocycles. The SMILES string of the molecule is N#Cc1cccn1-c1cc(C(=O)O)cc(Cl)n1. The second-order valence-corrected chi connectivity index (χ2v) is 3.60. The molecule has 84 valence electrons. The molecular formula is C11H6ClN3O2. The zero-order valence-corrected chi connectivity index (χ0v) is 9.22. The summed E-state index contributed by atoms with van der Waals surface area (Å²) in [4.78, 5) is 14.9. The van der Waals surface area contributed by atoms with Gasteiger partial charge in [-0.1, -0.05) is 11.6 Å². The lowest BCUT2D eigenvalue weighted by molar-refractivity contribution is 0.0696. The molecule has 0 fully saturated rings. The summed E-state index contributed by atoms with van der Waals surface area (Å²) in [5.41, 5.74) is 0.383. The van der Waals surface area contributed by atoms with Gasteiger partial charge in [0, 0.05) is 6.20 Å². The number of halogens is 1. The van der Waals surface area contributed by atoms with Gasteiger partial charge in [0.1, 0.15) is 22.7 Å². The van der Waals surface area contributed by atoms with Gasteiger partial charge in [0.2, 0.25) is 0 Å². The van der Waals surface area contributed by atoms with Crippen LogP contribution in [0.15, 0.2) is 30.5 Å². The maximum atomic E-state index is 10.9. The summed E-state index contributed by atoms with van der Waals surface area (Å²) in [6.07, 6.45) is 1.61. The fourth-order valence-electron chi connectivity index (χ4n) is 1.40. The molecule has 0 bridgehead atoms. The first-order chi connectivity index (χ1) is 8.11. The average Bonchev–Trinajstić information content (AvgIpc) is 2.76. The van der Waals surface area contributed by atoms with E-state index in [1.54, 1.807) is 18.3 Å². The minimum Gasteiger partial charge on any atom is -0.478 e. The van der Waals surface area contributed by atoms with Gasteiger partial charge in [0.15, 0.2) is 0 Å². The molecule has 0 amide bonds. The van der Waals surface area contributed by atoms with Crippen molar-refractivity contribution in [3.05, 3.63) is 46.9 Å². The number of hydrogen-bond acceptors (Lipinski definition) is 3. The first-order valence-corrected chi connectivity index (χ1v) is 4.98. The van der Waals surface area contributed by atoms with Crippen molar-refractivity contribution in [2.24, 2.45) is 0 Å². The molecule has 2 aromatic rings. The van der Waals surface area contributed by atoms with Gasteiger partial charge < -0.3 is 5.11 Å². The molecule has 1 N–H and O–H groups in total. The first kappa shape index (κ1) is 11.2. The van der Waals surface area contributed by atoms with Crippen molar-refractivity contribution in [3.8, 4) is 11.9 Å². The van der Waals surface area contributed by atoms with E-state index in [0.29, 0.717) is 11.5 Å². The number of nitriles is 1. The highest BCUT2D eigenvalue weighted by atomic mass is 35.5. The standard InChI is InChI=1S/C11H6ClN3O2/c12-9-4-7(11(16)17)5-10(14-9)15-3-1-2-8(15)6-13/h1-5H,(H,16,17). The maximum Gasteiger partial charge on any atom is 0.335 e. The predicted octanol–water partition coefficient (Wildman–Crippen LogP) is 2.10. The Morgan fingerprint density at radius 3 is 2.94 bits per heavy atom. The zero-order valence-electron chi connectivity index (χ0n) is 8.46. The smallest absolute Gasteiger partial charge is 0.335 e. The van der Waals surface area contributed by atoms with Crippen molar-refractivity contribution in [3.63, 3.8) is 0 Å². The van der Waals surface area contributed by atoms with E-state index in [9.17, 15) is 4.79 Å². The number of carboxylic acids is 1. The summed E-state index contributed by atoms with van der Waals surface area (Å²) in [7, 11) is 0. The third-order valence-electron chi connectivity index (χ3n) is 2.14. The van der Waals surface area contributed by atoms with Crippen LogP contribution in [-0.4, -0.2) is 20.6 Å². The summed E-state index contributed by atoms with van der Waals surface area (Å²) in [5, 5.41) is 17.8. The molecule has 0 radical (unpaired) electrons. The molecule has 0 saturated heterocycles. The highest BCUT2D eigenvalue weighted by Gasteiger charge is 2.10. The van der Waals surface area contributed by atoms with Gasteiger partial charge in [-0.3, -0.25) is 4.57 Å². The quantitative estimate of drug-likeness (QED) is 0.824. The number of aromatic nitrogens is 2. The maximum absolute atomic E-state index is 10.9. The number of carboxylic acid groups (broad SMARTS) is 1. The topological polar surface area (TPSA) is 78.9 Å². The van der Waals surface area contributed by atoms with E-state index in [4.69, 9.17) is 22.0 Å². The van der Waals surface area contributed by atoms with Gasteiger partial charge >= 0.3 is 5.97 Å². The molecule has 0 unspecified atom stereocenters. The number of hydrogen-bond donors (Lipinski definition) is 1. The first-order valence-electron chi connectivity index (χ1n) is 4.60. The van der Waals surface area contributed by atoms with Crippen LogP contribution in [0.5, 0.6) is 0 Å². The van der Waals surface area contributed by atoms with E-state index in [1.807, 2.05) is 6.07 Å². The number of nitrogens with zero attached hydrogens (tertiary/aromatic N) is 3. The average molecular weight is 248 g/mol. The molecule has 2 rings (SSSR count). The van der Waals surface area contributed by atoms with E-state index in [0.717, 1.165) is 0 Å². The molecule has 0 aromatic carbocycles. The van der Waals surface area contributed by atoms with Crippen LogP contribution >= 0.6 is 11.6 Å². The van der Waals surface area contributed by atoms with Crippen molar-refractivity contribution < 1.29 is 9.90 Å². The molecule has 2 aromatic heterocycles. The van der Waals surface area contributed by atoms with E-state index in [-0.39, 0.29) is 10.7 Å². The summed E-state index contributed by atoms with van der Waals surface area (Å²) in [6.45, 7) is 0. The summed E-state index contributed by atoms with van der Waals surface area (Å²) in [6, 6.07) is 7.85. The summed E-state index contributed by atoms with van der Waals surface area (Å²) >= 11 is 5.74. The number of rotatable bonds is 2. The lowest BCUT2D eigenvalue weighted by Crippen LogP contribution is -2.03. The van der Waals surface area contributed by atoms with E-state index >= 15 is 0 Å². The predicted molar refractivity (Wildman–Crippen MR) is 60.2 cm³/mol. The van der Waals surface area contributed by atoms with E-state index < -0.39 is 5.97 Å². The van der Waals surface area contributed by atoms with Crippen LogP contribution in [0, 0.1) is 11.3 Å². The van der Waals surface area contributed by atoms with E-state index in [1.165, 1.54) is 16.7 Å². The second kappa shape index (κ2) is 4.28. The van der Waals surface area contributed by atoms with Crippen LogP contribution < -0.4 is 0 Å². The molecule has 0 spiro atoms. The minimum atomic E-state index is -1.10. The van der Waals surface area contributed by atoms with Gasteiger partial charge in [-0.15, -0.1) is 0 Å². The Hall–Kier alpha value is -2.32. The van der Waals surface area contributed by atoms with Gasteiger partial charge in [-0.05, 0) is 24.3 Å². The van der Waals surface area contributed by atoms with Crippen LogP contribution in [0.25, 0.3) is 5.82 Å². The van der Waals surface area contributed by atoms with Crippen molar-refractivity contribution in [2.75, 3.05) is 0 Å². The lowest BCUT2D eigenvalue weighted by Gasteiger charge is -2.05. The van der Waals surface area contributed by atoms with Crippen LogP contribution in [0.3, 0.4) is 0 Å². The fourth-order valence-corrected chi connectivity index (χ4v) is 1.61. The molecule has 0 aliphatic rings. The van der Waals surface area contributed by atoms with Crippen LogP contribution in [-0.2, 0) is 0 Å². The van der Waals surface area contributed by atoms with Gasteiger partial charge in [0.25, 0.3) is 0 Å². The Morgan fingerprint density at radius 1 is 1.53 bits per heavy atom. The summed E-state index contributed by atoms with van der Waals surface area (Å²) < 4.78 is 1.47. The molecule has 6 heteroatoms. The summed E-state index contributed by atoms with van der Waals surface area (Å²) in [5.74, 6) is -0.794. The van der Waals surface area contributed by atoms with Crippen molar-refractivity contribution in [1.82, 2.24) is 9.55 Å². The van der Waals surface area contributed by atoms with Crippen LogP contribution in [0.1, 0.15) is 16.1 Å². The Balaban J connectivity index is 2.61. The van der Waals surface area contributed by atoms with Gasteiger partial charge in [-0.2, -0.15) is 5.26 Å². The number of pyridine rings is 1.